The zero-order valence-electron chi connectivity index (χ0n) is 20.4. The molecular weight excluding hydrogens is 458 g/mol. The average Bonchev–Trinajstić information content (AvgIpc) is 3.06. The molecule has 0 saturated carbocycles. The van der Waals surface area contributed by atoms with Crippen molar-refractivity contribution in [2.75, 3.05) is 46.5 Å². The smallest absolute Gasteiger partial charge is 0.354 e. The van der Waals surface area contributed by atoms with Crippen LogP contribution in [-0.2, 0) is 16.5 Å². The van der Waals surface area contributed by atoms with E-state index >= 15 is 0 Å². The second-order valence-electron chi connectivity index (χ2n) is 8.46. The highest BCUT2D eigenvalue weighted by molar-refractivity contribution is 6.33. The Morgan fingerprint density at radius 3 is 2.44 bits per heavy atom. The summed E-state index contributed by atoms with van der Waals surface area (Å²) >= 11 is 6.32. The zero-order chi connectivity index (χ0) is 25.0. The second kappa shape index (κ2) is 11.2. The van der Waals surface area contributed by atoms with Crippen LogP contribution in [-0.4, -0.2) is 84.6 Å². The minimum atomic E-state index is -0.768. The van der Waals surface area contributed by atoms with Gasteiger partial charge in [-0.3, -0.25) is 14.5 Å². The van der Waals surface area contributed by atoms with Crippen LogP contribution in [0.3, 0.4) is 0 Å². The van der Waals surface area contributed by atoms with Crippen molar-refractivity contribution in [3.05, 3.63) is 57.4 Å². The number of hydrogen-bond acceptors (Lipinski definition) is 6. The number of halogens is 1. The molecule has 2 heterocycles. The van der Waals surface area contributed by atoms with Crippen molar-refractivity contribution >= 4 is 29.3 Å². The number of methoxy groups -OCH3 is 1. The van der Waals surface area contributed by atoms with Crippen molar-refractivity contribution in [1.29, 1.82) is 0 Å². The number of Topliss-reactive ketones (excluding diaryl/α,β-unsaturated/α-hetero) is 1. The lowest BCUT2D eigenvalue weighted by Crippen LogP contribution is -2.48. The third-order valence-corrected chi connectivity index (χ3v) is 6.86. The summed E-state index contributed by atoms with van der Waals surface area (Å²) in [4.78, 5) is 43.4. The predicted octanol–water partition coefficient (Wildman–Crippen LogP) is 3.13. The number of ether oxygens (including phenoxy) is 2. The van der Waals surface area contributed by atoms with E-state index in [0.717, 1.165) is 13.1 Å². The second-order valence-corrected chi connectivity index (χ2v) is 8.86. The van der Waals surface area contributed by atoms with Crippen LogP contribution < -0.4 is 0 Å². The lowest BCUT2D eigenvalue weighted by atomic mass is 9.99. The van der Waals surface area contributed by atoms with Gasteiger partial charge in [-0.05, 0) is 38.5 Å². The van der Waals surface area contributed by atoms with Gasteiger partial charge in [0, 0.05) is 44.5 Å². The first kappa shape index (κ1) is 25.9. The monoisotopic (exact) mass is 489 g/mol. The predicted molar refractivity (Wildman–Crippen MR) is 130 cm³/mol. The molecule has 1 aromatic heterocycles. The Labute approximate surface area is 205 Å². The van der Waals surface area contributed by atoms with E-state index < -0.39 is 12.0 Å². The molecule has 184 valence electrons. The number of carbonyl (C=O) groups excluding carboxylic acids is 3. The van der Waals surface area contributed by atoms with E-state index in [2.05, 4.69) is 4.90 Å². The fourth-order valence-corrected chi connectivity index (χ4v) is 4.63. The Bertz CT molecular complexity index is 1070. The quantitative estimate of drug-likeness (QED) is 0.418. The first-order chi connectivity index (χ1) is 16.2. The minimum Gasteiger partial charge on any atom is -0.464 e. The van der Waals surface area contributed by atoms with Crippen molar-refractivity contribution in [2.45, 2.75) is 26.8 Å². The molecule has 0 aliphatic carbocycles. The van der Waals surface area contributed by atoms with Gasteiger partial charge >= 0.3 is 5.97 Å². The Morgan fingerprint density at radius 2 is 1.82 bits per heavy atom. The molecular formula is C25H32ClN3O5. The first-order valence-corrected chi connectivity index (χ1v) is 11.7. The van der Waals surface area contributed by atoms with Gasteiger partial charge in [0.1, 0.15) is 5.69 Å². The molecule has 8 nitrogen and oxygen atoms in total. The lowest BCUT2D eigenvalue weighted by molar-refractivity contribution is 0.0298. The number of amides is 1. The van der Waals surface area contributed by atoms with E-state index in [1.54, 1.807) is 61.6 Å². The molecule has 0 radical (unpaired) electrons. The summed E-state index contributed by atoms with van der Waals surface area (Å²) in [6.45, 7) is 9.03. The van der Waals surface area contributed by atoms with Crippen LogP contribution >= 0.6 is 11.6 Å². The van der Waals surface area contributed by atoms with E-state index in [0.29, 0.717) is 59.4 Å². The summed E-state index contributed by atoms with van der Waals surface area (Å²) in [5, 5.41) is 0.337. The fraction of sp³-hybridized carbons (Fsp3) is 0.480. The minimum absolute atomic E-state index is 0.233. The van der Waals surface area contributed by atoms with Crippen LogP contribution in [0.5, 0.6) is 0 Å². The summed E-state index contributed by atoms with van der Waals surface area (Å²) in [6, 6.07) is 6.07. The molecule has 1 amide bonds. The lowest BCUT2D eigenvalue weighted by Gasteiger charge is -2.33. The fourth-order valence-electron chi connectivity index (χ4n) is 4.41. The summed E-state index contributed by atoms with van der Waals surface area (Å²) in [5.41, 5.74) is 2.30. The van der Waals surface area contributed by atoms with Gasteiger partial charge in [-0.15, -0.1) is 0 Å². The topological polar surface area (TPSA) is 81.1 Å². The number of aromatic nitrogens is 1. The summed E-state index contributed by atoms with van der Waals surface area (Å²) in [7, 11) is 3.03. The van der Waals surface area contributed by atoms with Crippen LogP contribution in [0.2, 0.25) is 5.02 Å². The normalized spacial score (nSPS) is 15.1. The van der Waals surface area contributed by atoms with Crippen molar-refractivity contribution < 1.29 is 23.9 Å². The van der Waals surface area contributed by atoms with E-state index in [1.807, 2.05) is 0 Å². The highest BCUT2D eigenvalue weighted by atomic mass is 35.5. The maximum Gasteiger partial charge on any atom is 0.354 e. The maximum atomic E-state index is 13.8. The van der Waals surface area contributed by atoms with Crippen molar-refractivity contribution in [3.8, 4) is 0 Å². The molecule has 9 heteroatoms. The number of hydrogen-bond donors (Lipinski definition) is 0. The van der Waals surface area contributed by atoms with Gasteiger partial charge in [-0.1, -0.05) is 23.7 Å². The molecule has 3 rings (SSSR count). The largest absolute Gasteiger partial charge is 0.464 e. The number of morpholine rings is 1. The molecule has 1 aliphatic heterocycles. The summed E-state index contributed by atoms with van der Waals surface area (Å²) in [5.74, 6) is -1.05. The zero-order valence-corrected chi connectivity index (χ0v) is 21.1. The molecule has 0 N–H and O–H groups in total. The highest BCUT2D eigenvalue weighted by Gasteiger charge is 2.33. The van der Waals surface area contributed by atoms with Gasteiger partial charge < -0.3 is 18.9 Å². The van der Waals surface area contributed by atoms with E-state index in [9.17, 15) is 14.4 Å². The first-order valence-electron chi connectivity index (χ1n) is 11.3. The molecule has 1 aromatic carbocycles. The Kier molecular flexibility index (Phi) is 8.52. The van der Waals surface area contributed by atoms with E-state index in [4.69, 9.17) is 21.1 Å². The molecule has 0 unspecified atom stereocenters. The van der Waals surface area contributed by atoms with E-state index in [1.165, 1.54) is 7.11 Å². The van der Waals surface area contributed by atoms with Gasteiger partial charge in [0.25, 0.3) is 5.91 Å². The Balaban J connectivity index is 1.95. The maximum absolute atomic E-state index is 13.8. The number of rotatable bonds is 8. The van der Waals surface area contributed by atoms with Gasteiger partial charge in [-0.25, -0.2) is 4.79 Å². The number of ketones is 1. The molecule has 1 atom stereocenters. The number of esters is 1. The van der Waals surface area contributed by atoms with Crippen LogP contribution in [0.25, 0.3) is 0 Å². The van der Waals surface area contributed by atoms with Gasteiger partial charge in [-0.2, -0.15) is 0 Å². The van der Waals surface area contributed by atoms with Crippen molar-refractivity contribution in [3.63, 3.8) is 0 Å². The van der Waals surface area contributed by atoms with Gasteiger partial charge in [0.15, 0.2) is 5.78 Å². The third-order valence-electron chi connectivity index (χ3n) is 6.53. The molecule has 0 bridgehead atoms. The van der Waals surface area contributed by atoms with Crippen LogP contribution in [0.1, 0.15) is 49.4 Å². The molecule has 2 aromatic rings. The van der Waals surface area contributed by atoms with Crippen LogP contribution in [0, 0.1) is 13.8 Å². The highest BCUT2D eigenvalue weighted by Crippen LogP contribution is 2.26. The average molecular weight is 490 g/mol. The Hall–Kier alpha value is -2.68. The number of benzene rings is 1. The van der Waals surface area contributed by atoms with Crippen LogP contribution in [0.4, 0.5) is 0 Å². The van der Waals surface area contributed by atoms with E-state index in [-0.39, 0.29) is 11.7 Å². The molecule has 0 spiro atoms. The third kappa shape index (κ3) is 5.19. The summed E-state index contributed by atoms with van der Waals surface area (Å²) < 4.78 is 12.0. The Morgan fingerprint density at radius 1 is 1.18 bits per heavy atom. The van der Waals surface area contributed by atoms with Gasteiger partial charge in [0.2, 0.25) is 0 Å². The summed E-state index contributed by atoms with van der Waals surface area (Å²) in [6.07, 6.45) is 0. The SMILES string of the molecule is COC(=O)c1c(C)c(C(=O)[C@H](C)N(CCN2CCOCC2)C(=O)c2ccccc2Cl)c(C)n1C. The van der Waals surface area contributed by atoms with Crippen LogP contribution in [0.15, 0.2) is 24.3 Å². The molecule has 34 heavy (non-hydrogen) atoms. The van der Waals surface area contributed by atoms with Crippen molar-refractivity contribution in [1.82, 2.24) is 14.4 Å². The molecule has 1 aliphatic rings. The van der Waals surface area contributed by atoms with Gasteiger partial charge in [0.05, 0.1) is 37.0 Å². The molecule has 1 saturated heterocycles. The standard InChI is InChI=1S/C25H32ClN3O5/c1-16-21(17(2)27(4)22(16)25(32)33-5)23(30)18(3)29(11-10-28-12-14-34-15-13-28)24(31)19-8-6-7-9-20(19)26/h6-9,18H,10-15H2,1-5H3/t18-/m0/s1. The number of carbonyl (C=O) groups is 3. The molecule has 1 fully saturated rings. The van der Waals surface area contributed by atoms with Crippen molar-refractivity contribution in [2.24, 2.45) is 7.05 Å². The number of nitrogens with zero attached hydrogens (tertiary/aromatic N) is 3.